The molecule has 1 rings (SSSR count). The number of hydrogen-bond donors (Lipinski definition) is 3. The fourth-order valence-electron chi connectivity index (χ4n) is 1.45. The molecule has 0 aliphatic carbocycles. The maximum absolute atomic E-state index is 11.0. The summed E-state index contributed by atoms with van der Waals surface area (Å²) in [4.78, 5) is 11.0. The number of anilines is 1. The lowest BCUT2D eigenvalue weighted by Crippen LogP contribution is -2.38. The average Bonchev–Trinajstić information content (AvgIpc) is 2.26. The van der Waals surface area contributed by atoms with Crippen LogP contribution in [0.3, 0.4) is 0 Å². The summed E-state index contributed by atoms with van der Waals surface area (Å²) < 4.78 is 0. The molecule has 1 aromatic rings. The van der Waals surface area contributed by atoms with Gasteiger partial charge in [-0.25, -0.2) is 0 Å². The van der Waals surface area contributed by atoms with Crippen LogP contribution in [0.25, 0.3) is 0 Å². The first-order valence-corrected chi connectivity index (χ1v) is 5.44. The molecule has 0 amide bonds. The number of rotatable bonds is 6. The first-order chi connectivity index (χ1) is 7.63. The number of nitrogens with two attached hydrogens (primary N) is 1. The molecule has 88 valence electrons. The normalized spacial score (nSPS) is 12.3. The van der Waals surface area contributed by atoms with E-state index in [9.17, 15) is 4.79 Å². The van der Waals surface area contributed by atoms with Crippen LogP contribution in [-0.2, 0) is 11.2 Å². The van der Waals surface area contributed by atoms with Gasteiger partial charge in [-0.2, -0.15) is 0 Å². The van der Waals surface area contributed by atoms with Crippen molar-refractivity contribution in [2.45, 2.75) is 25.8 Å². The van der Waals surface area contributed by atoms with E-state index in [1.807, 2.05) is 19.1 Å². The lowest BCUT2D eigenvalue weighted by atomic mass is 10.1. The Labute approximate surface area is 95.5 Å². The molecule has 4 N–H and O–H groups in total. The Morgan fingerprint density at radius 2 is 2.06 bits per heavy atom. The zero-order valence-corrected chi connectivity index (χ0v) is 9.44. The quantitative estimate of drug-likeness (QED) is 0.633. The molecule has 0 fully saturated rings. The molecule has 1 aromatic carbocycles. The summed E-state index contributed by atoms with van der Waals surface area (Å²) in [7, 11) is 0. The van der Waals surface area contributed by atoms with Crippen LogP contribution in [0.5, 0.6) is 0 Å². The van der Waals surface area contributed by atoms with Crippen molar-refractivity contribution in [3.63, 3.8) is 0 Å². The lowest BCUT2D eigenvalue weighted by Gasteiger charge is -2.13. The molecule has 4 heteroatoms. The predicted molar refractivity (Wildman–Crippen MR) is 64.3 cm³/mol. The molecule has 0 spiro atoms. The first kappa shape index (κ1) is 12.5. The van der Waals surface area contributed by atoms with Crippen LogP contribution in [0.4, 0.5) is 5.69 Å². The fourth-order valence-corrected chi connectivity index (χ4v) is 1.45. The van der Waals surface area contributed by atoms with Crippen LogP contribution in [0.2, 0.25) is 0 Å². The van der Waals surface area contributed by atoms with Crippen molar-refractivity contribution in [1.29, 1.82) is 0 Å². The number of carboxylic acids is 1. The number of carboxylic acid groups (broad SMARTS) is 1. The summed E-state index contributed by atoms with van der Waals surface area (Å²) in [6.45, 7) is 2.72. The predicted octanol–water partition coefficient (Wildman–Crippen LogP) is 1.26. The van der Waals surface area contributed by atoms with E-state index >= 15 is 0 Å². The molecule has 1 atom stereocenters. The van der Waals surface area contributed by atoms with Crippen LogP contribution in [0.1, 0.15) is 18.9 Å². The molecule has 0 saturated carbocycles. The number of nitrogen functional groups attached to an aromatic ring is 1. The van der Waals surface area contributed by atoms with Gasteiger partial charge in [-0.15, -0.1) is 0 Å². The van der Waals surface area contributed by atoms with Gasteiger partial charge in [-0.1, -0.05) is 19.1 Å². The zero-order valence-electron chi connectivity index (χ0n) is 9.44. The van der Waals surface area contributed by atoms with Crippen molar-refractivity contribution in [3.05, 3.63) is 29.8 Å². The zero-order chi connectivity index (χ0) is 12.0. The fraction of sp³-hybridized carbons (Fsp3) is 0.417. The Hall–Kier alpha value is -1.55. The topological polar surface area (TPSA) is 75.3 Å². The van der Waals surface area contributed by atoms with Crippen LogP contribution >= 0.6 is 0 Å². The van der Waals surface area contributed by atoms with Crippen LogP contribution in [-0.4, -0.2) is 23.7 Å². The lowest BCUT2D eigenvalue weighted by molar-refractivity contribution is -0.139. The second-order valence-corrected chi connectivity index (χ2v) is 3.79. The maximum Gasteiger partial charge on any atom is 0.321 e. The number of benzene rings is 1. The first-order valence-electron chi connectivity index (χ1n) is 5.44. The van der Waals surface area contributed by atoms with Gasteiger partial charge in [-0.3, -0.25) is 4.79 Å². The van der Waals surface area contributed by atoms with Gasteiger partial charge >= 0.3 is 5.97 Å². The third-order valence-corrected chi connectivity index (χ3v) is 2.36. The number of aliphatic carboxylic acids is 1. The molecule has 0 aliphatic rings. The molecule has 4 nitrogen and oxygen atoms in total. The highest BCUT2D eigenvalue weighted by atomic mass is 16.4. The van der Waals surface area contributed by atoms with Gasteiger partial charge in [0.05, 0.1) is 0 Å². The molecule has 0 heterocycles. The largest absolute Gasteiger partial charge is 0.480 e. The molecule has 0 saturated heterocycles. The van der Waals surface area contributed by atoms with Gasteiger partial charge in [0.2, 0.25) is 0 Å². The highest BCUT2D eigenvalue weighted by Crippen LogP contribution is 2.08. The van der Waals surface area contributed by atoms with Crippen LogP contribution < -0.4 is 11.1 Å². The Morgan fingerprint density at radius 1 is 1.44 bits per heavy atom. The molecular weight excluding hydrogens is 204 g/mol. The average molecular weight is 222 g/mol. The van der Waals surface area contributed by atoms with Gasteiger partial charge in [0.1, 0.15) is 6.04 Å². The number of carbonyl (C=O) groups is 1. The van der Waals surface area contributed by atoms with E-state index in [-0.39, 0.29) is 0 Å². The molecule has 0 unspecified atom stereocenters. The minimum atomic E-state index is -0.815. The summed E-state index contributed by atoms with van der Waals surface area (Å²) in [6, 6.07) is 6.77. The molecule has 0 aliphatic heterocycles. The van der Waals surface area contributed by atoms with Gasteiger partial charge in [0.25, 0.3) is 0 Å². The van der Waals surface area contributed by atoms with E-state index < -0.39 is 12.0 Å². The van der Waals surface area contributed by atoms with Crippen molar-refractivity contribution in [3.8, 4) is 0 Å². The minimum absolute atomic E-state index is 0.482. The molecule has 0 radical (unpaired) electrons. The van der Waals surface area contributed by atoms with Crippen molar-refractivity contribution in [1.82, 2.24) is 5.32 Å². The second kappa shape index (κ2) is 6.12. The van der Waals surface area contributed by atoms with Crippen molar-refractivity contribution >= 4 is 11.7 Å². The SMILES string of the molecule is CCCN[C@@H](Cc1ccc(N)cc1)C(=O)O. The summed E-state index contributed by atoms with van der Waals surface area (Å²) >= 11 is 0. The standard InChI is InChI=1S/C12H18N2O2/c1-2-7-14-11(12(15)16)8-9-3-5-10(13)6-4-9/h3-6,11,14H,2,7-8,13H2,1H3,(H,15,16)/t11-/m0/s1. The Balaban J connectivity index is 2.60. The van der Waals surface area contributed by atoms with Crippen molar-refractivity contribution < 1.29 is 9.90 Å². The van der Waals surface area contributed by atoms with E-state index in [1.54, 1.807) is 12.1 Å². The van der Waals surface area contributed by atoms with E-state index in [1.165, 1.54) is 0 Å². The minimum Gasteiger partial charge on any atom is -0.480 e. The van der Waals surface area contributed by atoms with Crippen molar-refractivity contribution in [2.24, 2.45) is 0 Å². The summed E-state index contributed by atoms with van der Waals surface area (Å²) in [6.07, 6.45) is 1.40. The smallest absolute Gasteiger partial charge is 0.321 e. The Morgan fingerprint density at radius 3 is 2.56 bits per heavy atom. The second-order valence-electron chi connectivity index (χ2n) is 3.79. The highest BCUT2D eigenvalue weighted by Gasteiger charge is 2.16. The van der Waals surface area contributed by atoms with Crippen LogP contribution in [0.15, 0.2) is 24.3 Å². The van der Waals surface area contributed by atoms with Gasteiger partial charge in [0, 0.05) is 5.69 Å². The molecule has 0 aromatic heterocycles. The summed E-state index contributed by atoms with van der Waals surface area (Å²) in [5.41, 5.74) is 7.23. The third kappa shape index (κ3) is 3.90. The van der Waals surface area contributed by atoms with E-state index in [0.29, 0.717) is 18.7 Å². The third-order valence-electron chi connectivity index (χ3n) is 2.36. The summed E-state index contributed by atoms with van der Waals surface area (Å²) in [5, 5.41) is 12.0. The number of hydrogen-bond acceptors (Lipinski definition) is 3. The molecule has 0 bridgehead atoms. The monoisotopic (exact) mass is 222 g/mol. The maximum atomic E-state index is 11.0. The van der Waals surface area contributed by atoms with E-state index in [0.717, 1.165) is 12.0 Å². The number of nitrogens with one attached hydrogen (secondary N) is 1. The summed E-state index contributed by atoms with van der Waals surface area (Å²) in [5.74, 6) is -0.815. The van der Waals surface area contributed by atoms with Gasteiger partial charge < -0.3 is 16.2 Å². The highest BCUT2D eigenvalue weighted by molar-refractivity contribution is 5.73. The van der Waals surface area contributed by atoms with Crippen LogP contribution in [0, 0.1) is 0 Å². The Bertz CT molecular complexity index is 335. The van der Waals surface area contributed by atoms with E-state index in [4.69, 9.17) is 10.8 Å². The Kier molecular flexibility index (Phi) is 4.79. The van der Waals surface area contributed by atoms with Crippen molar-refractivity contribution in [2.75, 3.05) is 12.3 Å². The molecule has 16 heavy (non-hydrogen) atoms. The van der Waals surface area contributed by atoms with Gasteiger partial charge in [0.15, 0.2) is 0 Å². The molecular formula is C12H18N2O2. The van der Waals surface area contributed by atoms with Gasteiger partial charge in [-0.05, 0) is 37.1 Å². The van der Waals surface area contributed by atoms with E-state index in [2.05, 4.69) is 5.32 Å².